The molecule has 0 heterocycles. The molecule has 0 saturated heterocycles. The van der Waals surface area contributed by atoms with Crippen LogP contribution in [0, 0.1) is 0 Å². The van der Waals surface area contributed by atoms with Crippen molar-refractivity contribution in [2.45, 2.75) is 12.7 Å². The van der Waals surface area contributed by atoms with Crippen LogP contribution >= 0.6 is 0 Å². The van der Waals surface area contributed by atoms with E-state index in [0.717, 1.165) is 11.3 Å². The van der Waals surface area contributed by atoms with Crippen LogP contribution in [0.5, 0.6) is 0 Å². The summed E-state index contributed by atoms with van der Waals surface area (Å²) >= 11 is 0. The maximum absolute atomic E-state index is 12.1. The predicted octanol–water partition coefficient (Wildman–Crippen LogP) is 2.82. The van der Waals surface area contributed by atoms with E-state index in [-0.39, 0.29) is 18.2 Å². The summed E-state index contributed by atoms with van der Waals surface area (Å²) in [5, 5.41) is 5.77. The van der Waals surface area contributed by atoms with E-state index in [9.17, 15) is 13.8 Å². The lowest BCUT2D eigenvalue weighted by molar-refractivity contribution is -0.114. The lowest BCUT2D eigenvalue weighted by atomic mass is 10.1. The zero-order valence-corrected chi connectivity index (χ0v) is 14.5. The fraction of sp³-hybridized carbons (Fsp3) is 0.222. The van der Waals surface area contributed by atoms with Gasteiger partial charge in [-0.1, -0.05) is 24.3 Å². The average Bonchev–Trinajstić information content (AvgIpc) is 2.53. The first-order chi connectivity index (χ1) is 11.5. The molecule has 2 aromatic rings. The highest BCUT2D eigenvalue weighted by Crippen LogP contribution is 2.16. The summed E-state index contributed by atoms with van der Waals surface area (Å²) in [6.45, 7) is 1.54. The monoisotopic (exact) mass is 344 g/mol. The van der Waals surface area contributed by atoms with Crippen molar-refractivity contribution in [3.05, 3.63) is 59.7 Å². The fourth-order valence-corrected chi connectivity index (χ4v) is 2.93. The minimum absolute atomic E-state index is 0.0743. The number of benzene rings is 2. The van der Waals surface area contributed by atoms with Crippen LogP contribution < -0.4 is 10.6 Å². The van der Waals surface area contributed by atoms with Gasteiger partial charge >= 0.3 is 0 Å². The quantitative estimate of drug-likeness (QED) is 0.758. The molecule has 1 atom stereocenters. The molecular weight excluding hydrogens is 324 g/mol. The highest BCUT2D eigenvalue weighted by molar-refractivity contribution is 7.83. The Labute approximate surface area is 143 Å². The van der Waals surface area contributed by atoms with Gasteiger partial charge in [-0.25, -0.2) is 0 Å². The molecule has 0 radical (unpaired) electrons. The third-order valence-corrected chi connectivity index (χ3v) is 4.07. The highest BCUT2D eigenvalue weighted by Gasteiger charge is 2.09. The van der Waals surface area contributed by atoms with E-state index in [4.69, 9.17) is 0 Å². The van der Waals surface area contributed by atoms with E-state index >= 15 is 0 Å². The van der Waals surface area contributed by atoms with Crippen LogP contribution in [-0.4, -0.2) is 28.7 Å². The average molecular weight is 344 g/mol. The Morgan fingerprint density at radius 1 is 1.08 bits per heavy atom. The molecule has 2 aromatic carbocycles. The summed E-state index contributed by atoms with van der Waals surface area (Å²) in [5.74, 6) is 0.139. The van der Waals surface area contributed by atoms with Crippen molar-refractivity contribution < 1.29 is 13.8 Å². The van der Waals surface area contributed by atoms with Crippen molar-refractivity contribution >= 4 is 33.9 Å². The predicted molar refractivity (Wildman–Crippen MR) is 97.8 cm³/mol. The second-order valence-corrected chi connectivity index (χ2v) is 6.86. The lowest BCUT2D eigenvalue weighted by Gasteiger charge is -2.11. The number of Topliss-reactive ketones (excluding diaryl/α,β-unsaturated/α-hetero) is 1. The standard InChI is InChI=1S/C18H20N2O3S/c1-13(21)16-8-3-4-9-17(16)20-18(22)11-19-15-7-5-6-14(10-15)12-24(2)23/h3-10,19H,11-12H2,1-2H3,(H,20,22)/t24-/m0/s1. The Bertz CT molecular complexity index is 774. The first-order valence-corrected chi connectivity index (χ1v) is 9.21. The lowest BCUT2D eigenvalue weighted by Crippen LogP contribution is -2.22. The molecule has 2 rings (SSSR count). The molecule has 0 spiro atoms. The van der Waals surface area contributed by atoms with E-state index in [2.05, 4.69) is 10.6 Å². The van der Waals surface area contributed by atoms with Crippen LogP contribution in [0.3, 0.4) is 0 Å². The minimum Gasteiger partial charge on any atom is -0.376 e. The SMILES string of the molecule is CC(=O)c1ccccc1NC(=O)CNc1cccc(C[S@](C)=O)c1. The third kappa shape index (κ3) is 5.31. The van der Waals surface area contributed by atoms with Gasteiger partial charge in [-0.2, -0.15) is 0 Å². The van der Waals surface area contributed by atoms with Crippen LogP contribution in [0.25, 0.3) is 0 Å². The second-order valence-electron chi connectivity index (χ2n) is 5.42. The first-order valence-electron chi connectivity index (χ1n) is 7.48. The molecule has 0 aromatic heterocycles. The minimum atomic E-state index is -0.910. The van der Waals surface area contributed by atoms with Crippen molar-refractivity contribution in [2.75, 3.05) is 23.4 Å². The first kappa shape index (κ1) is 17.9. The highest BCUT2D eigenvalue weighted by atomic mass is 32.2. The smallest absolute Gasteiger partial charge is 0.243 e. The number of anilines is 2. The molecule has 6 heteroatoms. The number of amides is 1. The molecule has 1 amide bonds. The van der Waals surface area contributed by atoms with Crippen molar-refractivity contribution in [2.24, 2.45) is 0 Å². The molecule has 0 aliphatic heterocycles. The summed E-state index contributed by atoms with van der Waals surface area (Å²) in [7, 11) is -0.910. The van der Waals surface area contributed by atoms with Crippen LogP contribution in [0.2, 0.25) is 0 Å². The maximum atomic E-state index is 12.1. The molecule has 126 valence electrons. The number of hydrogen-bond acceptors (Lipinski definition) is 4. The second kappa shape index (κ2) is 8.40. The number of hydrogen-bond donors (Lipinski definition) is 2. The number of ketones is 1. The Morgan fingerprint density at radius 3 is 2.54 bits per heavy atom. The molecule has 0 bridgehead atoms. The van der Waals surface area contributed by atoms with E-state index in [0.29, 0.717) is 17.0 Å². The van der Waals surface area contributed by atoms with Gasteiger partial charge in [0.2, 0.25) is 5.91 Å². The summed E-state index contributed by atoms with van der Waals surface area (Å²) in [6.07, 6.45) is 1.65. The van der Waals surface area contributed by atoms with Crippen LogP contribution in [0.15, 0.2) is 48.5 Å². The van der Waals surface area contributed by atoms with Crippen molar-refractivity contribution in [1.82, 2.24) is 0 Å². The van der Waals surface area contributed by atoms with Crippen molar-refractivity contribution in [3.63, 3.8) is 0 Å². The molecule has 24 heavy (non-hydrogen) atoms. The van der Waals surface area contributed by atoms with Gasteiger partial charge in [0.05, 0.1) is 12.2 Å². The summed E-state index contributed by atoms with van der Waals surface area (Å²) in [5.41, 5.74) is 2.72. The number of nitrogens with one attached hydrogen (secondary N) is 2. The summed E-state index contributed by atoms with van der Waals surface area (Å²) < 4.78 is 11.3. The third-order valence-electron chi connectivity index (χ3n) is 3.33. The zero-order chi connectivity index (χ0) is 17.5. The molecular formula is C18H20N2O3S. The Kier molecular flexibility index (Phi) is 6.26. The molecule has 0 aliphatic carbocycles. The normalized spacial score (nSPS) is 11.6. The van der Waals surface area contributed by atoms with Crippen LogP contribution in [-0.2, 0) is 21.3 Å². The van der Waals surface area contributed by atoms with Gasteiger partial charge in [-0.15, -0.1) is 0 Å². The van der Waals surface area contributed by atoms with Gasteiger partial charge in [-0.3, -0.25) is 13.8 Å². The van der Waals surface area contributed by atoms with Gasteiger partial charge in [0.1, 0.15) is 0 Å². The van der Waals surface area contributed by atoms with Gasteiger partial charge in [-0.05, 0) is 36.8 Å². The molecule has 0 aliphatic rings. The van der Waals surface area contributed by atoms with Crippen LogP contribution in [0.1, 0.15) is 22.8 Å². The Balaban J connectivity index is 1.97. The zero-order valence-electron chi connectivity index (χ0n) is 13.7. The van der Waals surface area contributed by atoms with Gasteiger partial charge in [0, 0.05) is 34.1 Å². The van der Waals surface area contributed by atoms with Crippen molar-refractivity contribution in [3.8, 4) is 0 Å². The molecule has 0 unspecified atom stereocenters. The van der Waals surface area contributed by atoms with Gasteiger partial charge in [0.25, 0.3) is 0 Å². The Morgan fingerprint density at radius 2 is 1.83 bits per heavy atom. The maximum Gasteiger partial charge on any atom is 0.243 e. The number of carbonyl (C=O) groups is 2. The molecule has 5 nitrogen and oxygen atoms in total. The van der Waals surface area contributed by atoms with Crippen molar-refractivity contribution in [1.29, 1.82) is 0 Å². The summed E-state index contributed by atoms with van der Waals surface area (Å²) in [6, 6.07) is 14.4. The molecule has 0 fully saturated rings. The van der Waals surface area contributed by atoms with Gasteiger partial charge in [0.15, 0.2) is 5.78 Å². The Hall–Kier alpha value is -2.47. The molecule has 2 N–H and O–H groups in total. The van der Waals surface area contributed by atoms with E-state index in [1.165, 1.54) is 6.92 Å². The summed E-state index contributed by atoms with van der Waals surface area (Å²) in [4.78, 5) is 23.7. The van der Waals surface area contributed by atoms with E-state index in [1.807, 2.05) is 24.3 Å². The number of carbonyl (C=O) groups excluding carboxylic acids is 2. The largest absolute Gasteiger partial charge is 0.376 e. The topological polar surface area (TPSA) is 75.3 Å². The fourth-order valence-electron chi connectivity index (χ4n) is 2.28. The number of para-hydroxylation sites is 1. The molecule has 0 saturated carbocycles. The van der Waals surface area contributed by atoms with Crippen LogP contribution in [0.4, 0.5) is 11.4 Å². The number of rotatable bonds is 7. The van der Waals surface area contributed by atoms with E-state index in [1.54, 1.807) is 30.5 Å². The van der Waals surface area contributed by atoms with Gasteiger partial charge < -0.3 is 10.6 Å². The van der Waals surface area contributed by atoms with E-state index < -0.39 is 10.8 Å².